The molecule has 1 unspecified atom stereocenters. The Morgan fingerprint density at radius 2 is 0.481 bits per heavy atom. The third-order valence-corrected chi connectivity index (χ3v) is 15.7. The summed E-state index contributed by atoms with van der Waals surface area (Å²) >= 11 is 0. The number of carbonyl (C=O) groups is 3. The second-order valence-corrected chi connectivity index (χ2v) is 23.8. The van der Waals surface area contributed by atoms with Crippen LogP contribution in [0.3, 0.4) is 0 Å². The third-order valence-electron chi connectivity index (χ3n) is 15.7. The quantitative estimate of drug-likeness (QED) is 0.0261. The Morgan fingerprint density at radius 3 is 0.753 bits per heavy atom. The minimum absolute atomic E-state index is 0.0701. The maximum Gasteiger partial charge on any atom is 0.306 e. The highest BCUT2D eigenvalue weighted by atomic mass is 16.6. The van der Waals surface area contributed by atoms with Crippen molar-refractivity contribution in [2.24, 2.45) is 0 Å². The van der Waals surface area contributed by atoms with E-state index in [2.05, 4.69) is 93.7 Å². The summed E-state index contributed by atoms with van der Waals surface area (Å²) < 4.78 is 16.9. The van der Waals surface area contributed by atoms with Crippen LogP contribution >= 0.6 is 0 Å². The van der Waals surface area contributed by atoms with Crippen molar-refractivity contribution in [3.8, 4) is 0 Å². The zero-order chi connectivity index (χ0) is 58.5. The Kier molecular flexibility index (Phi) is 66.6. The lowest BCUT2D eigenvalue weighted by Crippen LogP contribution is -2.30. The Morgan fingerprint density at radius 1 is 0.259 bits per heavy atom. The highest BCUT2D eigenvalue weighted by Gasteiger charge is 2.19. The van der Waals surface area contributed by atoms with Gasteiger partial charge in [-0.3, -0.25) is 14.4 Å². The molecular weight excluding hydrogens is 997 g/mol. The molecule has 0 rings (SSSR count). The molecule has 0 N–H and O–H groups in total. The maximum atomic E-state index is 12.9. The van der Waals surface area contributed by atoms with Crippen molar-refractivity contribution in [1.82, 2.24) is 0 Å². The highest BCUT2D eigenvalue weighted by Crippen LogP contribution is 2.18. The van der Waals surface area contributed by atoms with E-state index in [1.54, 1.807) is 0 Å². The van der Waals surface area contributed by atoms with Crippen LogP contribution < -0.4 is 0 Å². The van der Waals surface area contributed by atoms with Gasteiger partial charge in [0.25, 0.3) is 0 Å². The lowest BCUT2D eigenvalue weighted by molar-refractivity contribution is -0.167. The molecule has 1 atom stereocenters. The molecule has 0 aromatic rings. The van der Waals surface area contributed by atoms with Gasteiger partial charge < -0.3 is 14.2 Å². The number of carbonyl (C=O) groups excluding carboxylic acids is 3. The van der Waals surface area contributed by atoms with E-state index in [1.165, 1.54) is 231 Å². The Labute approximate surface area is 503 Å². The van der Waals surface area contributed by atoms with Crippen LogP contribution in [0.5, 0.6) is 0 Å². The predicted octanol–water partition coefficient (Wildman–Crippen LogP) is 24.4. The van der Waals surface area contributed by atoms with Crippen LogP contribution in [-0.2, 0) is 28.6 Å². The average molecular weight is 1130 g/mol. The van der Waals surface area contributed by atoms with Crippen molar-refractivity contribution in [2.75, 3.05) is 13.2 Å². The third kappa shape index (κ3) is 67.5. The topological polar surface area (TPSA) is 78.9 Å². The van der Waals surface area contributed by atoms with Gasteiger partial charge in [0.1, 0.15) is 13.2 Å². The first kappa shape index (κ1) is 77.9. The summed E-state index contributed by atoms with van der Waals surface area (Å²) in [5.74, 6) is -0.855. The summed E-state index contributed by atoms with van der Waals surface area (Å²) in [6.07, 6.45) is 91.0. The van der Waals surface area contributed by atoms with E-state index in [1.807, 2.05) is 0 Å². The molecule has 0 aliphatic heterocycles. The molecule has 0 heterocycles. The van der Waals surface area contributed by atoms with Crippen molar-refractivity contribution in [3.05, 3.63) is 72.9 Å². The second kappa shape index (κ2) is 69.3. The number of hydrogen-bond acceptors (Lipinski definition) is 6. The smallest absolute Gasteiger partial charge is 0.306 e. The zero-order valence-corrected chi connectivity index (χ0v) is 54.1. The molecule has 0 aliphatic rings. The van der Waals surface area contributed by atoms with E-state index in [9.17, 15) is 14.4 Å². The Hall–Kier alpha value is -3.15. The number of allylic oxidation sites excluding steroid dienone is 12. The van der Waals surface area contributed by atoms with Gasteiger partial charge in [-0.1, -0.05) is 351 Å². The summed E-state index contributed by atoms with van der Waals surface area (Å²) in [5, 5.41) is 0. The number of esters is 3. The van der Waals surface area contributed by atoms with E-state index in [4.69, 9.17) is 14.2 Å². The molecule has 0 saturated carbocycles. The van der Waals surface area contributed by atoms with Crippen molar-refractivity contribution < 1.29 is 28.6 Å². The van der Waals surface area contributed by atoms with Crippen LogP contribution in [0.1, 0.15) is 367 Å². The first-order valence-corrected chi connectivity index (χ1v) is 35.4. The van der Waals surface area contributed by atoms with Gasteiger partial charge in [-0.15, -0.1) is 0 Å². The number of ether oxygens (including phenoxy) is 3. The van der Waals surface area contributed by atoms with Crippen LogP contribution in [0.2, 0.25) is 0 Å². The van der Waals surface area contributed by atoms with Gasteiger partial charge in [0.15, 0.2) is 6.10 Å². The van der Waals surface area contributed by atoms with Gasteiger partial charge >= 0.3 is 17.9 Å². The standard InChI is InChI=1S/C75H134O6/c1-4-7-10-13-16-19-21-23-25-27-29-31-33-35-36-37-38-39-40-41-43-44-46-48-50-52-54-56-59-62-65-68-74(77)80-71-72(70-79-73(76)67-64-61-58-18-15-12-9-6-3)81-75(78)69-66-63-60-57-55-53-51-49-47-45-42-34-32-30-28-26-24-22-20-17-14-11-8-5-2/h7,10,16,19,23,25,29,31,35-36,38-39,72H,4-6,8-9,11-15,17-18,20-22,24,26-28,30,32-34,37,40-71H2,1-3H3/b10-7-,19-16-,25-23-,31-29-,36-35-,39-38-. The molecule has 0 saturated heterocycles. The molecule has 0 spiro atoms. The first-order valence-electron chi connectivity index (χ1n) is 35.4. The van der Waals surface area contributed by atoms with Crippen molar-refractivity contribution >= 4 is 17.9 Å². The van der Waals surface area contributed by atoms with Gasteiger partial charge in [0, 0.05) is 19.3 Å². The summed E-state index contributed by atoms with van der Waals surface area (Å²) in [6, 6.07) is 0. The fourth-order valence-corrected chi connectivity index (χ4v) is 10.5. The summed E-state index contributed by atoms with van der Waals surface area (Å²) in [6.45, 7) is 6.55. The van der Waals surface area contributed by atoms with E-state index in [-0.39, 0.29) is 31.1 Å². The number of unbranched alkanes of at least 4 members (excludes halogenated alkanes) is 42. The lowest BCUT2D eigenvalue weighted by atomic mass is 10.0. The van der Waals surface area contributed by atoms with E-state index < -0.39 is 6.10 Å². The molecule has 0 fully saturated rings. The fraction of sp³-hybridized carbons (Fsp3) is 0.800. The van der Waals surface area contributed by atoms with Crippen LogP contribution in [-0.4, -0.2) is 37.2 Å². The molecule has 0 bridgehead atoms. The Bertz CT molecular complexity index is 1490. The molecular formula is C75H134O6. The molecule has 0 aromatic carbocycles. The summed E-state index contributed by atoms with van der Waals surface area (Å²) in [5.41, 5.74) is 0. The first-order chi connectivity index (χ1) is 40.0. The molecule has 6 nitrogen and oxygen atoms in total. The average Bonchev–Trinajstić information content (AvgIpc) is 3.47. The van der Waals surface area contributed by atoms with Crippen LogP contribution in [0.15, 0.2) is 72.9 Å². The van der Waals surface area contributed by atoms with Crippen molar-refractivity contribution in [2.45, 2.75) is 374 Å². The maximum absolute atomic E-state index is 12.9. The van der Waals surface area contributed by atoms with E-state index in [0.717, 1.165) is 96.3 Å². The molecule has 0 aromatic heterocycles. The minimum Gasteiger partial charge on any atom is -0.462 e. The van der Waals surface area contributed by atoms with Gasteiger partial charge in [-0.05, 0) is 70.6 Å². The van der Waals surface area contributed by atoms with Gasteiger partial charge in [0.05, 0.1) is 0 Å². The highest BCUT2D eigenvalue weighted by molar-refractivity contribution is 5.71. The monoisotopic (exact) mass is 1130 g/mol. The summed E-state index contributed by atoms with van der Waals surface area (Å²) in [7, 11) is 0. The zero-order valence-electron chi connectivity index (χ0n) is 54.1. The molecule has 0 aliphatic carbocycles. The molecule has 0 amide bonds. The Balaban J connectivity index is 4.09. The van der Waals surface area contributed by atoms with E-state index >= 15 is 0 Å². The van der Waals surface area contributed by atoms with Crippen LogP contribution in [0.4, 0.5) is 0 Å². The molecule has 81 heavy (non-hydrogen) atoms. The summed E-state index contributed by atoms with van der Waals surface area (Å²) in [4.78, 5) is 38.2. The second-order valence-electron chi connectivity index (χ2n) is 23.8. The van der Waals surface area contributed by atoms with E-state index in [0.29, 0.717) is 19.3 Å². The number of rotatable bonds is 65. The number of hydrogen-bond donors (Lipinski definition) is 0. The van der Waals surface area contributed by atoms with Gasteiger partial charge in [-0.25, -0.2) is 0 Å². The lowest BCUT2D eigenvalue weighted by Gasteiger charge is -2.18. The van der Waals surface area contributed by atoms with Crippen LogP contribution in [0, 0.1) is 0 Å². The molecule has 0 radical (unpaired) electrons. The normalized spacial score (nSPS) is 12.5. The predicted molar refractivity (Wildman–Crippen MR) is 353 cm³/mol. The van der Waals surface area contributed by atoms with Crippen molar-refractivity contribution in [3.63, 3.8) is 0 Å². The minimum atomic E-state index is -0.772. The van der Waals surface area contributed by atoms with Crippen LogP contribution in [0.25, 0.3) is 0 Å². The van der Waals surface area contributed by atoms with Gasteiger partial charge in [-0.2, -0.15) is 0 Å². The van der Waals surface area contributed by atoms with Gasteiger partial charge in [0.2, 0.25) is 0 Å². The fourth-order valence-electron chi connectivity index (χ4n) is 10.5. The SMILES string of the molecule is CC/C=C\C/C=C\C/C=C\C/C=C\C/C=C\C/C=C\CCCCCCCCCCCCCCC(=O)OCC(COC(=O)CCCCCCCCCC)OC(=O)CCCCCCCCCCCCCCCCCCCCCCCCCC. The largest absolute Gasteiger partial charge is 0.462 e. The van der Waals surface area contributed by atoms with Crippen molar-refractivity contribution in [1.29, 1.82) is 0 Å². The molecule has 6 heteroatoms. The molecule has 470 valence electrons.